The zero-order valence-electron chi connectivity index (χ0n) is 14.0. The van der Waals surface area contributed by atoms with Crippen molar-refractivity contribution in [1.82, 2.24) is 14.8 Å². The summed E-state index contributed by atoms with van der Waals surface area (Å²) in [6.07, 6.45) is 0. The molecule has 0 saturated carbocycles. The van der Waals surface area contributed by atoms with Crippen LogP contribution in [0.5, 0.6) is 0 Å². The number of carbonyl (C=O) groups excluding carboxylic acids is 1. The minimum atomic E-state index is -0.647. The van der Waals surface area contributed by atoms with Gasteiger partial charge in [-0.3, -0.25) is 14.9 Å². The first-order valence-electron chi connectivity index (χ1n) is 7.45. The van der Waals surface area contributed by atoms with Gasteiger partial charge in [0.2, 0.25) is 0 Å². The van der Waals surface area contributed by atoms with Crippen LogP contribution in [0.1, 0.15) is 21.6 Å². The molecular weight excluding hydrogens is 381 g/mol. The average Bonchev–Trinajstić information content (AvgIpc) is 2.88. The number of hydrogen-bond acceptors (Lipinski definition) is 5. The van der Waals surface area contributed by atoms with Gasteiger partial charge in [0.15, 0.2) is 11.5 Å². The van der Waals surface area contributed by atoms with Gasteiger partial charge in [0.05, 0.1) is 21.0 Å². The van der Waals surface area contributed by atoms with E-state index in [0.717, 1.165) is 11.6 Å². The number of nitrogens with zero attached hydrogens (tertiary/aromatic N) is 4. The third kappa shape index (κ3) is 2.97. The molecule has 0 fully saturated rings. The fourth-order valence-electron chi connectivity index (χ4n) is 2.64. The second-order valence-electron chi connectivity index (χ2n) is 5.68. The molecular formula is C16H13Cl2N5O3. The number of hydrogen-bond donors (Lipinski definition) is 1. The molecule has 1 N–H and O–H groups in total. The molecule has 0 bridgehead atoms. The van der Waals surface area contributed by atoms with Crippen molar-refractivity contribution >= 4 is 51.6 Å². The van der Waals surface area contributed by atoms with E-state index in [1.165, 1.54) is 16.8 Å². The molecule has 0 unspecified atom stereocenters. The monoisotopic (exact) mass is 393 g/mol. The van der Waals surface area contributed by atoms with Gasteiger partial charge < -0.3 is 5.32 Å². The van der Waals surface area contributed by atoms with E-state index in [2.05, 4.69) is 15.4 Å². The fourth-order valence-corrected chi connectivity index (χ4v) is 2.96. The first-order valence-corrected chi connectivity index (χ1v) is 8.21. The summed E-state index contributed by atoms with van der Waals surface area (Å²) in [7, 11) is 1.70. The highest BCUT2D eigenvalue weighted by Gasteiger charge is 2.21. The normalized spacial score (nSPS) is 11.0. The zero-order chi connectivity index (χ0) is 19.2. The molecule has 0 saturated heterocycles. The summed E-state index contributed by atoms with van der Waals surface area (Å²) < 4.78 is 1.53. The van der Waals surface area contributed by atoms with E-state index in [9.17, 15) is 14.9 Å². The van der Waals surface area contributed by atoms with E-state index < -0.39 is 10.8 Å². The summed E-state index contributed by atoms with van der Waals surface area (Å²) in [4.78, 5) is 27.3. The summed E-state index contributed by atoms with van der Waals surface area (Å²) in [6, 6.07) is 3.82. The molecule has 0 aliphatic rings. The first kappa shape index (κ1) is 18.1. The molecule has 26 heavy (non-hydrogen) atoms. The molecule has 0 aliphatic carbocycles. The molecule has 0 spiro atoms. The van der Waals surface area contributed by atoms with Crippen LogP contribution in [0.3, 0.4) is 0 Å². The Morgan fingerprint density at radius 2 is 2.00 bits per heavy atom. The van der Waals surface area contributed by atoms with Gasteiger partial charge in [-0.2, -0.15) is 5.10 Å². The van der Waals surface area contributed by atoms with Crippen molar-refractivity contribution < 1.29 is 9.72 Å². The van der Waals surface area contributed by atoms with Crippen LogP contribution in [0.25, 0.3) is 11.0 Å². The second kappa shape index (κ2) is 6.54. The molecule has 8 nitrogen and oxygen atoms in total. The Morgan fingerprint density at radius 3 is 2.65 bits per heavy atom. The lowest BCUT2D eigenvalue weighted by Crippen LogP contribution is -2.13. The number of aryl methyl sites for hydroxylation is 3. The van der Waals surface area contributed by atoms with E-state index in [1.54, 1.807) is 14.0 Å². The summed E-state index contributed by atoms with van der Waals surface area (Å²) in [6.45, 7) is 3.59. The lowest BCUT2D eigenvalue weighted by molar-refractivity contribution is -0.384. The van der Waals surface area contributed by atoms with Gasteiger partial charge in [0, 0.05) is 18.7 Å². The van der Waals surface area contributed by atoms with Crippen LogP contribution >= 0.6 is 23.2 Å². The molecule has 2 heterocycles. The Labute approximate surface area is 157 Å². The van der Waals surface area contributed by atoms with Gasteiger partial charge in [0.1, 0.15) is 5.02 Å². The summed E-state index contributed by atoms with van der Waals surface area (Å²) in [5.74, 6) is -0.280. The Balaban J connectivity index is 2.05. The number of carbonyl (C=O) groups is 1. The average molecular weight is 394 g/mol. The third-order valence-electron chi connectivity index (χ3n) is 3.95. The van der Waals surface area contributed by atoms with Gasteiger partial charge in [0.25, 0.3) is 11.6 Å². The number of aromatic nitrogens is 3. The van der Waals surface area contributed by atoms with Crippen molar-refractivity contribution in [3.8, 4) is 0 Å². The number of halogens is 2. The predicted molar refractivity (Wildman–Crippen MR) is 99.1 cm³/mol. The Hall–Kier alpha value is -2.71. The van der Waals surface area contributed by atoms with Crippen LogP contribution in [0.4, 0.5) is 11.5 Å². The van der Waals surface area contributed by atoms with Crippen LogP contribution in [0, 0.1) is 24.0 Å². The van der Waals surface area contributed by atoms with Crippen molar-refractivity contribution in [2.45, 2.75) is 13.8 Å². The minimum Gasteiger partial charge on any atom is -0.304 e. The second-order valence-corrected chi connectivity index (χ2v) is 6.47. The minimum absolute atomic E-state index is 0.0443. The number of rotatable bonds is 3. The van der Waals surface area contributed by atoms with Crippen molar-refractivity contribution in [2.75, 3.05) is 5.32 Å². The Morgan fingerprint density at radius 1 is 1.31 bits per heavy atom. The van der Waals surface area contributed by atoms with E-state index >= 15 is 0 Å². The predicted octanol–water partition coefficient (Wildman–Crippen LogP) is 4.05. The number of nitrogens with one attached hydrogen (secondary N) is 1. The van der Waals surface area contributed by atoms with E-state index in [-0.39, 0.29) is 22.1 Å². The molecule has 0 aliphatic heterocycles. The third-order valence-corrected chi connectivity index (χ3v) is 4.83. The van der Waals surface area contributed by atoms with Gasteiger partial charge >= 0.3 is 0 Å². The van der Waals surface area contributed by atoms with Crippen LogP contribution < -0.4 is 5.32 Å². The fraction of sp³-hybridized carbons (Fsp3) is 0.188. The molecule has 1 aromatic carbocycles. The Kier molecular flexibility index (Phi) is 4.55. The van der Waals surface area contributed by atoms with Crippen molar-refractivity contribution in [1.29, 1.82) is 0 Å². The number of nitro benzene ring substituents is 1. The highest BCUT2D eigenvalue weighted by Crippen LogP contribution is 2.32. The van der Waals surface area contributed by atoms with Crippen LogP contribution in [0.15, 0.2) is 18.2 Å². The topological polar surface area (TPSA) is 103 Å². The molecule has 0 radical (unpaired) electrons. The van der Waals surface area contributed by atoms with Crippen LogP contribution in [-0.2, 0) is 7.05 Å². The standard InChI is InChI=1S/C16H13Cl2N5O3/c1-7-12-14(21-22(3)15(12)19-8(2)13(7)18)20-16(24)9-4-5-10(17)11(6-9)23(25)26/h4-6H,1-3H3,(H,20,21,24). The maximum atomic E-state index is 12.5. The molecule has 2 aromatic heterocycles. The number of fused-ring (bicyclic) bond motifs is 1. The number of nitro groups is 1. The first-order chi connectivity index (χ1) is 12.2. The van der Waals surface area contributed by atoms with Gasteiger partial charge in [-0.15, -0.1) is 0 Å². The quantitative estimate of drug-likeness (QED) is 0.533. The molecule has 1 amide bonds. The maximum absolute atomic E-state index is 12.5. The lowest BCUT2D eigenvalue weighted by Gasteiger charge is -2.06. The molecule has 3 aromatic rings. The summed E-state index contributed by atoms with van der Waals surface area (Å²) >= 11 is 12.0. The number of benzene rings is 1. The van der Waals surface area contributed by atoms with Crippen LogP contribution in [0.2, 0.25) is 10.0 Å². The summed E-state index contributed by atoms with van der Waals surface area (Å²) in [5.41, 5.74) is 1.71. The van der Waals surface area contributed by atoms with Crippen molar-refractivity contribution in [3.63, 3.8) is 0 Å². The smallest absolute Gasteiger partial charge is 0.288 e. The number of anilines is 1. The van der Waals surface area contributed by atoms with Crippen molar-refractivity contribution in [3.05, 3.63) is 55.2 Å². The number of amides is 1. The maximum Gasteiger partial charge on any atom is 0.288 e. The highest BCUT2D eigenvalue weighted by molar-refractivity contribution is 6.33. The van der Waals surface area contributed by atoms with Gasteiger partial charge in [-0.25, -0.2) is 9.67 Å². The molecule has 10 heteroatoms. The molecule has 3 rings (SSSR count). The van der Waals surface area contributed by atoms with Crippen LogP contribution in [-0.4, -0.2) is 25.6 Å². The lowest BCUT2D eigenvalue weighted by atomic mass is 10.1. The highest BCUT2D eigenvalue weighted by atomic mass is 35.5. The summed E-state index contributed by atoms with van der Waals surface area (Å²) in [5, 5.41) is 19.0. The largest absolute Gasteiger partial charge is 0.304 e. The Bertz CT molecular complexity index is 1080. The molecule has 134 valence electrons. The van der Waals surface area contributed by atoms with E-state index in [0.29, 0.717) is 21.7 Å². The molecule has 0 atom stereocenters. The SMILES string of the molecule is Cc1nc2c(c(NC(=O)c3ccc(Cl)c([N+](=O)[O-])c3)nn2C)c(C)c1Cl. The number of pyridine rings is 1. The van der Waals surface area contributed by atoms with Crippen molar-refractivity contribution in [2.24, 2.45) is 7.05 Å². The van der Waals surface area contributed by atoms with E-state index in [1.807, 2.05) is 6.92 Å². The van der Waals surface area contributed by atoms with Gasteiger partial charge in [-0.1, -0.05) is 23.2 Å². The zero-order valence-corrected chi connectivity index (χ0v) is 15.5. The van der Waals surface area contributed by atoms with Gasteiger partial charge in [-0.05, 0) is 31.5 Å². The van der Waals surface area contributed by atoms with E-state index in [4.69, 9.17) is 23.2 Å².